The molecule has 2 aliphatic heterocycles. The fraction of sp³-hybridized carbons (Fsp3) is 0.923. The maximum atomic E-state index is 12.3. The molecule has 0 spiro atoms. The molecule has 0 unspecified atom stereocenters. The van der Waals surface area contributed by atoms with Crippen molar-refractivity contribution in [2.75, 3.05) is 39.8 Å². The van der Waals surface area contributed by atoms with Crippen molar-refractivity contribution < 1.29 is 4.79 Å². The van der Waals surface area contributed by atoms with E-state index in [1.54, 1.807) is 0 Å². The number of carbonyl (C=O) groups is 1. The van der Waals surface area contributed by atoms with E-state index in [-0.39, 0.29) is 11.6 Å². The van der Waals surface area contributed by atoms with Crippen LogP contribution >= 0.6 is 0 Å². The van der Waals surface area contributed by atoms with Crippen LogP contribution in [-0.4, -0.2) is 61.1 Å². The summed E-state index contributed by atoms with van der Waals surface area (Å²) in [5.41, 5.74) is 5.73. The summed E-state index contributed by atoms with van der Waals surface area (Å²) < 4.78 is 0. The molecule has 0 aromatic rings. The Bertz CT molecular complexity index is 281. The fourth-order valence-corrected chi connectivity index (χ4v) is 2.83. The number of carbonyl (C=O) groups excluding carboxylic acids is 1. The second-order valence-corrected chi connectivity index (χ2v) is 5.77. The van der Waals surface area contributed by atoms with Gasteiger partial charge in [-0.1, -0.05) is 0 Å². The van der Waals surface area contributed by atoms with Crippen molar-refractivity contribution >= 4 is 6.03 Å². The smallest absolute Gasteiger partial charge is 0.317 e. The molecular formula is C13H26N4O. The first kappa shape index (κ1) is 13.6. The molecular weight excluding hydrogens is 228 g/mol. The Morgan fingerprint density at radius 2 is 1.78 bits per heavy atom. The minimum atomic E-state index is -0.180. The van der Waals surface area contributed by atoms with Crippen LogP contribution in [0.2, 0.25) is 0 Å². The number of nitrogens with two attached hydrogens (primary N) is 1. The van der Waals surface area contributed by atoms with Crippen LogP contribution in [0.4, 0.5) is 4.79 Å². The summed E-state index contributed by atoms with van der Waals surface area (Å²) in [6, 6.07) is 0.0877. The number of piperidine rings is 2. The minimum absolute atomic E-state index is 0.0877. The molecule has 104 valence electrons. The average molecular weight is 254 g/mol. The lowest BCUT2D eigenvalue weighted by Gasteiger charge is -2.42. The number of nitrogens with one attached hydrogen (secondary N) is 1. The molecule has 0 aromatic heterocycles. The van der Waals surface area contributed by atoms with Gasteiger partial charge >= 0.3 is 6.03 Å². The van der Waals surface area contributed by atoms with Crippen molar-refractivity contribution in [2.24, 2.45) is 5.73 Å². The highest BCUT2D eigenvalue weighted by Gasteiger charge is 2.35. The SMILES string of the molecule is CN1CCC(CN)(NC(=O)N2CCCCC2)CC1. The Labute approximate surface area is 110 Å². The van der Waals surface area contributed by atoms with Crippen molar-refractivity contribution in [1.29, 1.82) is 0 Å². The highest BCUT2D eigenvalue weighted by atomic mass is 16.2. The van der Waals surface area contributed by atoms with E-state index < -0.39 is 0 Å². The van der Waals surface area contributed by atoms with Gasteiger partial charge in [-0.25, -0.2) is 4.79 Å². The number of rotatable bonds is 2. The number of amides is 2. The summed E-state index contributed by atoms with van der Waals surface area (Å²) in [5.74, 6) is 0. The van der Waals surface area contributed by atoms with Crippen LogP contribution in [0.25, 0.3) is 0 Å². The first-order valence-electron chi connectivity index (χ1n) is 7.11. The third-order valence-electron chi connectivity index (χ3n) is 4.35. The van der Waals surface area contributed by atoms with Crippen LogP contribution in [0, 0.1) is 0 Å². The predicted octanol–water partition coefficient (Wildman–Crippen LogP) is 0.605. The number of hydrogen-bond acceptors (Lipinski definition) is 3. The van der Waals surface area contributed by atoms with E-state index in [0.29, 0.717) is 6.54 Å². The van der Waals surface area contributed by atoms with Gasteiger partial charge in [0.15, 0.2) is 0 Å². The maximum Gasteiger partial charge on any atom is 0.317 e. The second-order valence-electron chi connectivity index (χ2n) is 5.77. The van der Waals surface area contributed by atoms with Gasteiger partial charge in [0, 0.05) is 32.7 Å². The van der Waals surface area contributed by atoms with Gasteiger partial charge < -0.3 is 20.9 Å². The molecule has 0 radical (unpaired) electrons. The third kappa shape index (κ3) is 3.14. The molecule has 2 saturated heterocycles. The van der Waals surface area contributed by atoms with Crippen LogP contribution in [-0.2, 0) is 0 Å². The van der Waals surface area contributed by atoms with Gasteiger partial charge in [0.2, 0.25) is 0 Å². The van der Waals surface area contributed by atoms with E-state index in [9.17, 15) is 4.79 Å². The average Bonchev–Trinajstić information content (AvgIpc) is 2.43. The molecule has 5 nitrogen and oxygen atoms in total. The van der Waals surface area contributed by atoms with Crippen LogP contribution in [0.5, 0.6) is 0 Å². The van der Waals surface area contributed by atoms with E-state index >= 15 is 0 Å². The topological polar surface area (TPSA) is 61.6 Å². The zero-order chi connectivity index (χ0) is 13.0. The molecule has 2 heterocycles. The van der Waals surface area contributed by atoms with E-state index in [1.807, 2.05) is 4.90 Å². The summed E-state index contributed by atoms with van der Waals surface area (Å²) in [6.45, 7) is 4.36. The van der Waals surface area contributed by atoms with Crippen molar-refractivity contribution in [3.05, 3.63) is 0 Å². The lowest BCUT2D eigenvalue weighted by atomic mass is 9.88. The molecule has 2 amide bonds. The summed E-state index contributed by atoms with van der Waals surface area (Å²) >= 11 is 0. The first-order valence-corrected chi connectivity index (χ1v) is 7.11. The molecule has 5 heteroatoms. The van der Waals surface area contributed by atoms with Crippen LogP contribution in [0.3, 0.4) is 0 Å². The van der Waals surface area contributed by atoms with Gasteiger partial charge in [-0.05, 0) is 39.2 Å². The fourth-order valence-electron chi connectivity index (χ4n) is 2.83. The third-order valence-corrected chi connectivity index (χ3v) is 4.35. The lowest BCUT2D eigenvalue weighted by molar-refractivity contribution is 0.139. The molecule has 2 aliphatic rings. The molecule has 0 aromatic carbocycles. The zero-order valence-corrected chi connectivity index (χ0v) is 11.5. The van der Waals surface area contributed by atoms with E-state index in [0.717, 1.165) is 51.9 Å². The predicted molar refractivity (Wildman–Crippen MR) is 72.5 cm³/mol. The van der Waals surface area contributed by atoms with Crippen LogP contribution in [0.1, 0.15) is 32.1 Å². The summed E-state index contributed by atoms with van der Waals surface area (Å²) in [6.07, 6.45) is 5.42. The second kappa shape index (κ2) is 5.89. The Kier molecular flexibility index (Phi) is 4.45. The Hall–Kier alpha value is -0.810. The van der Waals surface area contributed by atoms with Crippen molar-refractivity contribution in [3.8, 4) is 0 Å². The summed E-state index contributed by atoms with van der Waals surface area (Å²) in [7, 11) is 2.12. The van der Waals surface area contributed by atoms with E-state index in [2.05, 4.69) is 17.3 Å². The number of likely N-dealkylation sites (tertiary alicyclic amines) is 2. The van der Waals surface area contributed by atoms with Gasteiger partial charge in [0.1, 0.15) is 0 Å². The molecule has 18 heavy (non-hydrogen) atoms. The Morgan fingerprint density at radius 3 is 2.33 bits per heavy atom. The normalized spacial score (nSPS) is 24.9. The lowest BCUT2D eigenvalue weighted by Crippen LogP contribution is -2.61. The van der Waals surface area contributed by atoms with Crippen molar-refractivity contribution in [1.82, 2.24) is 15.1 Å². The first-order chi connectivity index (χ1) is 8.65. The Balaban J connectivity index is 1.90. The van der Waals surface area contributed by atoms with Crippen molar-refractivity contribution in [2.45, 2.75) is 37.6 Å². The number of hydrogen-bond donors (Lipinski definition) is 2. The zero-order valence-electron chi connectivity index (χ0n) is 11.5. The van der Waals surface area contributed by atoms with Gasteiger partial charge in [-0.2, -0.15) is 0 Å². The van der Waals surface area contributed by atoms with Gasteiger partial charge in [-0.15, -0.1) is 0 Å². The molecule has 0 saturated carbocycles. The molecule has 0 atom stereocenters. The minimum Gasteiger partial charge on any atom is -0.331 e. The largest absolute Gasteiger partial charge is 0.331 e. The van der Waals surface area contributed by atoms with Gasteiger partial charge in [0.05, 0.1) is 5.54 Å². The quantitative estimate of drug-likeness (QED) is 0.759. The highest BCUT2D eigenvalue weighted by Crippen LogP contribution is 2.21. The Morgan fingerprint density at radius 1 is 1.17 bits per heavy atom. The van der Waals surface area contributed by atoms with Gasteiger partial charge in [-0.3, -0.25) is 0 Å². The summed E-state index contributed by atoms with van der Waals surface area (Å²) in [5, 5.41) is 3.21. The van der Waals surface area contributed by atoms with E-state index in [4.69, 9.17) is 5.73 Å². The molecule has 2 rings (SSSR count). The maximum absolute atomic E-state index is 12.3. The standard InChI is InChI=1S/C13H26N4O/c1-16-9-5-13(11-14,6-10-16)15-12(18)17-7-3-2-4-8-17/h2-11,14H2,1H3,(H,15,18). The summed E-state index contributed by atoms with van der Waals surface area (Å²) in [4.78, 5) is 16.5. The molecule has 0 bridgehead atoms. The monoisotopic (exact) mass is 254 g/mol. The van der Waals surface area contributed by atoms with Crippen LogP contribution in [0.15, 0.2) is 0 Å². The van der Waals surface area contributed by atoms with Crippen LogP contribution < -0.4 is 11.1 Å². The number of nitrogens with zero attached hydrogens (tertiary/aromatic N) is 2. The molecule has 2 fully saturated rings. The van der Waals surface area contributed by atoms with Gasteiger partial charge in [0.25, 0.3) is 0 Å². The molecule has 0 aliphatic carbocycles. The van der Waals surface area contributed by atoms with E-state index in [1.165, 1.54) is 6.42 Å². The number of urea groups is 1. The highest BCUT2D eigenvalue weighted by molar-refractivity contribution is 5.75. The molecule has 3 N–H and O–H groups in total. The van der Waals surface area contributed by atoms with Crippen molar-refractivity contribution in [3.63, 3.8) is 0 Å².